The molecular formula is C13H8BrClF2N2O2. The van der Waals surface area contributed by atoms with E-state index >= 15 is 0 Å². The van der Waals surface area contributed by atoms with E-state index in [1.54, 1.807) is 0 Å². The van der Waals surface area contributed by atoms with Crippen LogP contribution in [-0.4, -0.2) is 5.91 Å². The van der Waals surface area contributed by atoms with E-state index in [1.807, 2.05) is 0 Å². The summed E-state index contributed by atoms with van der Waals surface area (Å²) >= 11 is 8.71. The van der Waals surface area contributed by atoms with Crippen molar-refractivity contribution in [3.63, 3.8) is 0 Å². The highest BCUT2D eigenvalue weighted by Crippen LogP contribution is 2.35. The van der Waals surface area contributed by atoms with Gasteiger partial charge in [0.05, 0.1) is 15.1 Å². The van der Waals surface area contributed by atoms with Gasteiger partial charge in [-0.15, -0.1) is 0 Å². The number of carbonyl (C=O) groups excluding carboxylic acids is 1. The molecule has 0 unspecified atom stereocenters. The number of nitrogens with two attached hydrogens (primary N) is 2. The van der Waals surface area contributed by atoms with Crippen molar-refractivity contribution in [1.29, 1.82) is 0 Å². The Morgan fingerprint density at radius 3 is 2.43 bits per heavy atom. The largest absolute Gasteiger partial charge is 0.453 e. The number of nitrogen functional groups attached to an aromatic ring is 1. The number of amides is 1. The van der Waals surface area contributed by atoms with E-state index in [0.29, 0.717) is 4.47 Å². The minimum Gasteiger partial charge on any atom is -0.453 e. The van der Waals surface area contributed by atoms with Crippen LogP contribution in [0.4, 0.5) is 14.5 Å². The van der Waals surface area contributed by atoms with Gasteiger partial charge in [0, 0.05) is 17.8 Å². The van der Waals surface area contributed by atoms with E-state index < -0.39 is 17.5 Å². The number of anilines is 1. The average molecular weight is 378 g/mol. The molecule has 0 aliphatic heterocycles. The number of benzene rings is 2. The normalized spacial score (nSPS) is 10.5. The highest BCUT2D eigenvalue weighted by Gasteiger charge is 2.16. The van der Waals surface area contributed by atoms with Gasteiger partial charge < -0.3 is 16.2 Å². The molecule has 0 spiro atoms. The SMILES string of the molecule is NC(=O)c1cc(Oc2cc(F)c(Cl)cc2Br)c(F)cc1N. The van der Waals surface area contributed by atoms with Crippen LogP contribution >= 0.6 is 27.5 Å². The van der Waals surface area contributed by atoms with E-state index in [-0.39, 0.29) is 27.8 Å². The zero-order valence-electron chi connectivity index (χ0n) is 10.3. The van der Waals surface area contributed by atoms with Crippen LogP contribution in [0.15, 0.2) is 28.7 Å². The molecule has 4 N–H and O–H groups in total. The van der Waals surface area contributed by atoms with Crippen molar-refractivity contribution in [2.24, 2.45) is 5.73 Å². The third kappa shape index (κ3) is 3.25. The molecule has 0 radical (unpaired) electrons. The molecule has 0 aliphatic rings. The Labute approximate surface area is 131 Å². The lowest BCUT2D eigenvalue weighted by Gasteiger charge is -2.11. The van der Waals surface area contributed by atoms with Crippen molar-refractivity contribution in [3.05, 3.63) is 51.0 Å². The molecule has 0 aliphatic carbocycles. The third-order valence-electron chi connectivity index (χ3n) is 2.56. The standard InChI is InChI=1S/C13H8BrClF2N2O2/c14-6-2-7(15)8(16)4-11(6)21-12-1-5(13(19)20)10(18)3-9(12)17/h1-4H,18H2,(H2,19,20). The molecule has 2 aromatic carbocycles. The van der Waals surface area contributed by atoms with Crippen molar-refractivity contribution in [2.75, 3.05) is 5.73 Å². The summed E-state index contributed by atoms with van der Waals surface area (Å²) in [5, 5.41) is -0.121. The number of ether oxygens (including phenoxy) is 1. The molecule has 0 heterocycles. The lowest BCUT2D eigenvalue weighted by Crippen LogP contribution is -2.14. The van der Waals surface area contributed by atoms with Crippen LogP contribution in [0.3, 0.4) is 0 Å². The van der Waals surface area contributed by atoms with Gasteiger partial charge in [-0.3, -0.25) is 4.79 Å². The van der Waals surface area contributed by atoms with Crippen molar-refractivity contribution in [3.8, 4) is 11.5 Å². The number of rotatable bonds is 3. The summed E-state index contributed by atoms with van der Waals surface area (Å²) < 4.78 is 32.8. The second-order valence-corrected chi connectivity index (χ2v) is 5.29. The molecule has 0 aromatic heterocycles. The molecule has 0 bridgehead atoms. The Kier molecular flexibility index (Phi) is 4.34. The first-order chi connectivity index (χ1) is 9.79. The van der Waals surface area contributed by atoms with Gasteiger partial charge in [0.1, 0.15) is 11.6 Å². The summed E-state index contributed by atoms with van der Waals surface area (Å²) in [6.45, 7) is 0. The van der Waals surface area contributed by atoms with Gasteiger partial charge in [0.15, 0.2) is 11.6 Å². The molecule has 1 amide bonds. The fraction of sp³-hybridized carbons (Fsp3) is 0. The van der Waals surface area contributed by atoms with Crippen LogP contribution in [-0.2, 0) is 0 Å². The molecule has 4 nitrogen and oxygen atoms in total. The minimum atomic E-state index is -0.835. The second-order valence-electron chi connectivity index (χ2n) is 4.03. The Bertz CT molecular complexity index is 741. The molecule has 0 saturated carbocycles. The molecule has 2 aromatic rings. The van der Waals surface area contributed by atoms with Crippen molar-refractivity contribution in [2.45, 2.75) is 0 Å². The van der Waals surface area contributed by atoms with Crippen molar-refractivity contribution >= 4 is 39.1 Å². The predicted octanol–water partition coefficient (Wildman–Crippen LogP) is 3.85. The fourth-order valence-corrected chi connectivity index (χ4v) is 2.28. The molecule has 110 valence electrons. The topological polar surface area (TPSA) is 78.3 Å². The number of primary amides is 1. The van der Waals surface area contributed by atoms with Crippen molar-refractivity contribution in [1.82, 2.24) is 0 Å². The number of halogens is 4. The summed E-state index contributed by atoms with van der Waals surface area (Å²) in [6, 6.07) is 4.18. The van der Waals surface area contributed by atoms with E-state index in [9.17, 15) is 13.6 Å². The van der Waals surface area contributed by atoms with Crippen LogP contribution in [0.2, 0.25) is 5.02 Å². The lowest BCUT2D eigenvalue weighted by atomic mass is 10.1. The van der Waals surface area contributed by atoms with E-state index in [1.165, 1.54) is 6.07 Å². The van der Waals surface area contributed by atoms with Crippen LogP contribution in [0.25, 0.3) is 0 Å². The maximum absolute atomic E-state index is 13.8. The summed E-state index contributed by atoms with van der Waals surface area (Å²) in [6.07, 6.45) is 0. The van der Waals surface area contributed by atoms with Gasteiger partial charge in [-0.05, 0) is 28.1 Å². The maximum Gasteiger partial charge on any atom is 0.250 e. The van der Waals surface area contributed by atoms with Gasteiger partial charge in [-0.25, -0.2) is 8.78 Å². The van der Waals surface area contributed by atoms with Crippen LogP contribution in [0.1, 0.15) is 10.4 Å². The van der Waals surface area contributed by atoms with Crippen LogP contribution in [0, 0.1) is 11.6 Å². The number of hydrogen-bond donors (Lipinski definition) is 2. The summed E-state index contributed by atoms with van der Waals surface area (Å²) in [4.78, 5) is 11.2. The van der Waals surface area contributed by atoms with Gasteiger partial charge in [-0.1, -0.05) is 11.6 Å². The monoisotopic (exact) mass is 376 g/mol. The highest BCUT2D eigenvalue weighted by molar-refractivity contribution is 9.10. The first-order valence-corrected chi connectivity index (χ1v) is 6.68. The summed E-state index contributed by atoms with van der Waals surface area (Å²) in [5.41, 5.74) is 10.4. The third-order valence-corrected chi connectivity index (χ3v) is 3.47. The quantitative estimate of drug-likeness (QED) is 0.630. The number of carbonyl (C=O) groups is 1. The first-order valence-electron chi connectivity index (χ1n) is 5.51. The molecule has 0 saturated heterocycles. The minimum absolute atomic E-state index is 0.0176. The van der Waals surface area contributed by atoms with Gasteiger partial charge in [0.25, 0.3) is 5.91 Å². The molecule has 2 rings (SSSR count). The Morgan fingerprint density at radius 2 is 1.81 bits per heavy atom. The zero-order chi connectivity index (χ0) is 15.7. The maximum atomic E-state index is 13.8. The van der Waals surface area contributed by atoms with E-state index in [4.69, 9.17) is 27.8 Å². The highest BCUT2D eigenvalue weighted by atomic mass is 79.9. The van der Waals surface area contributed by atoms with Gasteiger partial charge in [0.2, 0.25) is 0 Å². The second kappa shape index (κ2) is 5.87. The Hall–Kier alpha value is -1.86. The summed E-state index contributed by atoms with van der Waals surface area (Å²) in [7, 11) is 0. The van der Waals surface area contributed by atoms with Crippen LogP contribution in [0.5, 0.6) is 11.5 Å². The molecule has 21 heavy (non-hydrogen) atoms. The van der Waals surface area contributed by atoms with Gasteiger partial charge in [-0.2, -0.15) is 0 Å². The Morgan fingerprint density at radius 1 is 1.14 bits per heavy atom. The smallest absolute Gasteiger partial charge is 0.250 e. The zero-order valence-corrected chi connectivity index (χ0v) is 12.6. The van der Waals surface area contributed by atoms with E-state index in [0.717, 1.165) is 18.2 Å². The number of hydrogen-bond acceptors (Lipinski definition) is 3. The molecule has 0 fully saturated rings. The summed E-state index contributed by atoms with van der Waals surface area (Å²) in [5.74, 6) is -2.73. The molecular weight excluding hydrogens is 370 g/mol. The fourth-order valence-electron chi connectivity index (χ4n) is 1.56. The Balaban J connectivity index is 2.47. The van der Waals surface area contributed by atoms with Crippen molar-refractivity contribution < 1.29 is 18.3 Å². The van der Waals surface area contributed by atoms with Crippen LogP contribution < -0.4 is 16.2 Å². The lowest BCUT2D eigenvalue weighted by molar-refractivity contribution is 0.100. The molecule has 0 atom stereocenters. The first kappa shape index (κ1) is 15.5. The average Bonchev–Trinajstić information content (AvgIpc) is 2.38. The van der Waals surface area contributed by atoms with E-state index in [2.05, 4.69) is 15.9 Å². The molecule has 8 heteroatoms. The predicted molar refractivity (Wildman–Crippen MR) is 78.5 cm³/mol. The van der Waals surface area contributed by atoms with Gasteiger partial charge >= 0.3 is 0 Å².